The van der Waals surface area contributed by atoms with Gasteiger partial charge in [0.15, 0.2) is 11.5 Å². The van der Waals surface area contributed by atoms with E-state index < -0.39 is 12.0 Å². The van der Waals surface area contributed by atoms with Gasteiger partial charge in [-0.1, -0.05) is 6.07 Å². The number of rotatable bonds is 5. The summed E-state index contributed by atoms with van der Waals surface area (Å²) in [4.78, 5) is 24.8. The number of carbonyl (C=O) groups is 2. The topological polar surface area (TPSA) is 84.9 Å². The molecule has 6 nitrogen and oxygen atoms in total. The van der Waals surface area contributed by atoms with E-state index >= 15 is 0 Å². The van der Waals surface area contributed by atoms with Crippen LogP contribution in [0, 0.1) is 23.2 Å². The van der Waals surface area contributed by atoms with Crippen LogP contribution in [0.2, 0.25) is 0 Å². The predicted molar refractivity (Wildman–Crippen MR) is 96.3 cm³/mol. The Balaban J connectivity index is 1.39. The highest BCUT2D eigenvalue weighted by molar-refractivity contribution is 5.84. The maximum atomic E-state index is 13.3. The average molecular weight is 371 g/mol. The lowest BCUT2D eigenvalue weighted by Crippen LogP contribution is -2.54. The zero-order valence-electron chi connectivity index (χ0n) is 15.3. The summed E-state index contributed by atoms with van der Waals surface area (Å²) in [5.74, 6) is 2.39. The minimum absolute atomic E-state index is 0.0468. The summed E-state index contributed by atoms with van der Waals surface area (Å²) in [5.41, 5.74) is 0.460. The van der Waals surface area contributed by atoms with Crippen molar-refractivity contribution in [2.75, 3.05) is 6.79 Å². The Morgan fingerprint density at radius 2 is 1.70 bits per heavy atom. The van der Waals surface area contributed by atoms with Gasteiger partial charge in [-0.05, 0) is 74.0 Å². The number of ether oxygens (including phenoxy) is 2. The fourth-order valence-corrected chi connectivity index (χ4v) is 6.26. The van der Waals surface area contributed by atoms with E-state index in [1.165, 1.54) is 19.3 Å². The minimum Gasteiger partial charge on any atom is -0.481 e. The number of aliphatic carboxylic acids is 1. The van der Waals surface area contributed by atoms with E-state index in [1.807, 2.05) is 6.07 Å². The van der Waals surface area contributed by atoms with E-state index in [9.17, 15) is 14.7 Å². The van der Waals surface area contributed by atoms with E-state index in [2.05, 4.69) is 5.32 Å². The van der Waals surface area contributed by atoms with Crippen molar-refractivity contribution in [3.8, 4) is 11.5 Å². The third kappa shape index (κ3) is 2.95. The van der Waals surface area contributed by atoms with E-state index in [4.69, 9.17) is 9.47 Å². The molecule has 1 heterocycles. The molecule has 1 amide bonds. The van der Waals surface area contributed by atoms with Crippen molar-refractivity contribution in [2.24, 2.45) is 23.2 Å². The first-order chi connectivity index (χ1) is 13.0. The molecule has 1 aliphatic heterocycles. The highest BCUT2D eigenvalue weighted by Gasteiger charge is 2.54. The number of benzene rings is 1. The first-order valence-corrected chi connectivity index (χ1v) is 9.93. The second kappa shape index (κ2) is 6.14. The normalized spacial score (nSPS) is 33.7. The van der Waals surface area contributed by atoms with E-state index in [-0.39, 0.29) is 24.5 Å². The Hall–Kier alpha value is -2.24. The van der Waals surface area contributed by atoms with Gasteiger partial charge >= 0.3 is 5.97 Å². The van der Waals surface area contributed by atoms with Crippen LogP contribution in [0.4, 0.5) is 0 Å². The highest BCUT2D eigenvalue weighted by atomic mass is 16.7. The molecule has 4 saturated carbocycles. The SMILES string of the molecule is O=C(O)C[C@H](NC(=O)C12CC3CC(CC(C3)C1)C2)c1ccc2c(c1)OCO2. The lowest BCUT2D eigenvalue weighted by Gasteiger charge is -2.55. The molecule has 0 spiro atoms. The fourth-order valence-electron chi connectivity index (χ4n) is 6.26. The van der Waals surface area contributed by atoms with Crippen LogP contribution >= 0.6 is 0 Å². The number of hydrogen-bond acceptors (Lipinski definition) is 4. The van der Waals surface area contributed by atoms with Crippen molar-refractivity contribution in [1.82, 2.24) is 5.32 Å². The van der Waals surface area contributed by atoms with Crippen molar-refractivity contribution in [2.45, 2.75) is 51.0 Å². The van der Waals surface area contributed by atoms with Crippen molar-refractivity contribution in [1.29, 1.82) is 0 Å². The number of amides is 1. The van der Waals surface area contributed by atoms with Gasteiger partial charge < -0.3 is 19.9 Å². The quantitative estimate of drug-likeness (QED) is 0.830. The first-order valence-electron chi connectivity index (χ1n) is 9.93. The van der Waals surface area contributed by atoms with Crippen LogP contribution in [0.25, 0.3) is 0 Å². The molecule has 1 aromatic rings. The average Bonchev–Trinajstić information content (AvgIpc) is 3.07. The van der Waals surface area contributed by atoms with Gasteiger partial charge in [-0.3, -0.25) is 9.59 Å². The summed E-state index contributed by atoms with van der Waals surface area (Å²) in [6, 6.07) is 4.83. The Kier molecular flexibility index (Phi) is 3.85. The van der Waals surface area contributed by atoms with E-state index in [0.29, 0.717) is 29.3 Å². The summed E-state index contributed by atoms with van der Waals surface area (Å²) in [7, 11) is 0. The molecule has 1 atom stereocenters. The van der Waals surface area contributed by atoms with Crippen LogP contribution in [0.1, 0.15) is 56.6 Å². The van der Waals surface area contributed by atoms with Crippen molar-refractivity contribution >= 4 is 11.9 Å². The number of carboxylic acids is 1. The van der Waals surface area contributed by atoms with Crippen molar-refractivity contribution < 1.29 is 24.2 Å². The number of carboxylic acid groups (broad SMARTS) is 1. The number of hydrogen-bond donors (Lipinski definition) is 2. The molecule has 27 heavy (non-hydrogen) atoms. The molecular weight excluding hydrogens is 346 g/mol. The third-order valence-corrected chi connectivity index (χ3v) is 7.00. The zero-order valence-corrected chi connectivity index (χ0v) is 15.3. The summed E-state index contributed by atoms with van der Waals surface area (Å²) in [6.45, 7) is 0.169. The fraction of sp³-hybridized carbons (Fsp3) is 0.619. The molecule has 1 aromatic carbocycles. The highest BCUT2D eigenvalue weighted by Crippen LogP contribution is 2.60. The lowest BCUT2D eigenvalue weighted by molar-refractivity contribution is -0.147. The zero-order chi connectivity index (χ0) is 18.6. The minimum atomic E-state index is -0.927. The van der Waals surface area contributed by atoms with Gasteiger partial charge in [0.05, 0.1) is 12.5 Å². The molecule has 144 valence electrons. The Morgan fingerprint density at radius 1 is 1.07 bits per heavy atom. The maximum Gasteiger partial charge on any atom is 0.305 e. The van der Waals surface area contributed by atoms with E-state index in [1.54, 1.807) is 12.1 Å². The largest absolute Gasteiger partial charge is 0.481 e. The second-order valence-corrected chi connectivity index (χ2v) is 8.93. The van der Waals surface area contributed by atoms with Crippen LogP contribution in [-0.4, -0.2) is 23.8 Å². The molecule has 4 aliphatic carbocycles. The molecule has 4 bridgehead atoms. The van der Waals surface area contributed by atoms with Gasteiger partial charge in [-0.25, -0.2) is 0 Å². The summed E-state index contributed by atoms with van der Waals surface area (Å²) < 4.78 is 10.8. The monoisotopic (exact) mass is 371 g/mol. The Bertz CT molecular complexity index is 753. The standard InChI is InChI=1S/C21H25NO5/c23-19(24)7-16(15-1-2-17-18(6-15)27-11-26-17)22-20(25)21-8-12-3-13(9-21)5-14(4-12)10-21/h1-2,6,12-14,16H,3-5,7-11H2,(H,22,25)(H,23,24)/t12?,13?,14?,16-,21?/m0/s1. The Morgan fingerprint density at radius 3 is 2.33 bits per heavy atom. The molecule has 0 aromatic heterocycles. The summed E-state index contributed by atoms with van der Waals surface area (Å²) in [5, 5.41) is 12.5. The molecule has 5 aliphatic rings. The lowest BCUT2D eigenvalue weighted by atomic mass is 9.49. The summed E-state index contributed by atoms with van der Waals surface area (Å²) >= 11 is 0. The van der Waals surface area contributed by atoms with Crippen LogP contribution in [0.15, 0.2) is 18.2 Å². The number of nitrogens with one attached hydrogen (secondary N) is 1. The van der Waals surface area contributed by atoms with Crippen LogP contribution in [0.3, 0.4) is 0 Å². The van der Waals surface area contributed by atoms with Gasteiger partial charge in [0.1, 0.15) is 0 Å². The van der Waals surface area contributed by atoms with Gasteiger partial charge in [-0.2, -0.15) is 0 Å². The van der Waals surface area contributed by atoms with E-state index in [0.717, 1.165) is 24.8 Å². The molecular formula is C21H25NO5. The maximum absolute atomic E-state index is 13.3. The van der Waals surface area contributed by atoms with Crippen molar-refractivity contribution in [3.05, 3.63) is 23.8 Å². The molecule has 0 unspecified atom stereocenters. The smallest absolute Gasteiger partial charge is 0.305 e. The van der Waals surface area contributed by atoms with Crippen LogP contribution in [0.5, 0.6) is 11.5 Å². The second-order valence-electron chi connectivity index (χ2n) is 8.93. The predicted octanol–water partition coefficient (Wildman–Crippen LogP) is 3.26. The van der Waals surface area contributed by atoms with Crippen molar-refractivity contribution in [3.63, 3.8) is 0 Å². The molecule has 0 saturated heterocycles. The van der Waals surface area contributed by atoms with Crippen LogP contribution in [-0.2, 0) is 9.59 Å². The number of carbonyl (C=O) groups excluding carboxylic acids is 1. The molecule has 6 heteroatoms. The third-order valence-electron chi connectivity index (χ3n) is 7.00. The molecule has 2 N–H and O–H groups in total. The molecule has 0 radical (unpaired) electrons. The van der Waals surface area contributed by atoms with Gasteiger partial charge in [0, 0.05) is 5.41 Å². The van der Waals surface area contributed by atoms with Gasteiger partial charge in [0.2, 0.25) is 12.7 Å². The van der Waals surface area contributed by atoms with Gasteiger partial charge in [-0.15, -0.1) is 0 Å². The molecule has 4 fully saturated rings. The summed E-state index contributed by atoms with van der Waals surface area (Å²) in [6.07, 6.45) is 6.56. The van der Waals surface area contributed by atoms with Crippen LogP contribution < -0.4 is 14.8 Å². The van der Waals surface area contributed by atoms with Gasteiger partial charge in [0.25, 0.3) is 0 Å². The molecule has 6 rings (SSSR count). The Labute approximate surface area is 158 Å². The first kappa shape index (κ1) is 16.9. The number of fused-ring (bicyclic) bond motifs is 1.